The minimum Gasteiger partial charge on any atom is -0.366 e. The number of pyridine rings is 1. The van der Waals surface area contributed by atoms with Gasteiger partial charge in [-0.2, -0.15) is 5.10 Å². The van der Waals surface area contributed by atoms with Gasteiger partial charge in [0.15, 0.2) is 5.82 Å². The second-order valence-electron chi connectivity index (χ2n) is 4.42. The summed E-state index contributed by atoms with van der Waals surface area (Å²) in [5.41, 5.74) is 0. The lowest BCUT2D eigenvalue weighted by molar-refractivity contribution is 0.0340. The summed E-state index contributed by atoms with van der Waals surface area (Å²) in [6, 6.07) is 3.07. The molecule has 6 nitrogen and oxygen atoms in total. The van der Waals surface area contributed by atoms with E-state index in [0.29, 0.717) is 19.0 Å². The first-order valence-electron chi connectivity index (χ1n) is 6.09. The summed E-state index contributed by atoms with van der Waals surface area (Å²) < 4.78 is 18.5. The predicted molar refractivity (Wildman–Crippen MR) is 66.2 cm³/mol. The molecular weight excluding hydrogens is 249 g/mol. The Bertz CT molecular complexity index is 556. The van der Waals surface area contributed by atoms with Crippen LogP contribution in [0.2, 0.25) is 0 Å². The van der Waals surface area contributed by atoms with Gasteiger partial charge in [-0.3, -0.25) is 5.10 Å². The molecule has 7 heteroatoms. The average Bonchev–Trinajstić information content (AvgIpc) is 2.86. The zero-order valence-electron chi connectivity index (χ0n) is 10.5. The van der Waals surface area contributed by atoms with E-state index in [-0.39, 0.29) is 11.9 Å². The van der Waals surface area contributed by atoms with E-state index in [4.69, 9.17) is 4.74 Å². The van der Waals surface area contributed by atoms with Gasteiger partial charge in [0.2, 0.25) is 0 Å². The lowest BCUT2D eigenvalue weighted by atomic mass is 10.2. The van der Waals surface area contributed by atoms with Crippen molar-refractivity contribution in [2.24, 2.45) is 0 Å². The Kier molecular flexibility index (Phi) is 3.12. The molecule has 0 radical (unpaired) electrons. The van der Waals surface area contributed by atoms with E-state index in [2.05, 4.69) is 20.2 Å². The lowest BCUT2D eigenvalue weighted by Gasteiger charge is -2.32. The van der Waals surface area contributed by atoms with Crippen LogP contribution in [0.3, 0.4) is 0 Å². The molecule has 3 rings (SSSR count). The van der Waals surface area contributed by atoms with Crippen molar-refractivity contribution in [1.82, 2.24) is 20.2 Å². The van der Waals surface area contributed by atoms with E-state index < -0.39 is 0 Å². The summed E-state index contributed by atoms with van der Waals surface area (Å²) in [4.78, 5) is 10.4. The van der Waals surface area contributed by atoms with Crippen LogP contribution in [0.15, 0.2) is 18.3 Å². The number of aryl methyl sites for hydroxylation is 1. The average molecular weight is 263 g/mol. The number of ether oxygens (including phenoxy) is 1. The Hall–Kier alpha value is -2.02. The summed E-state index contributed by atoms with van der Waals surface area (Å²) in [7, 11) is 0. The van der Waals surface area contributed by atoms with Crippen molar-refractivity contribution in [3.63, 3.8) is 0 Å². The van der Waals surface area contributed by atoms with Gasteiger partial charge in [-0.25, -0.2) is 14.4 Å². The first-order chi connectivity index (χ1) is 9.22. The molecular formula is C12H14FN5O. The third-order valence-electron chi connectivity index (χ3n) is 3.00. The SMILES string of the molecule is Cc1nc(C2CN(c3ccc(F)cn3)CCO2)n[nH]1. The first-order valence-corrected chi connectivity index (χ1v) is 6.09. The number of hydrogen-bond donors (Lipinski definition) is 1. The normalized spacial score (nSPS) is 19.7. The maximum Gasteiger partial charge on any atom is 0.181 e. The number of anilines is 1. The Morgan fingerprint density at radius 1 is 1.47 bits per heavy atom. The zero-order chi connectivity index (χ0) is 13.2. The number of hydrogen-bond acceptors (Lipinski definition) is 5. The van der Waals surface area contributed by atoms with Crippen LogP contribution in [0, 0.1) is 12.7 Å². The summed E-state index contributed by atoms with van der Waals surface area (Å²) in [5.74, 6) is 1.81. The van der Waals surface area contributed by atoms with E-state index in [0.717, 1.165) is 18.2 Å². The molecule has 1 unspecified atom stereocenters. The number of nitrogens with zero attached hydrogens (tertiary/aromatic N) is 4. The molecule has 0 bridgehead atoms. The standard InChI is InChI=1S/C12H14FN5O/c1-8-15-12(17-16-8)10-7-18(4-5-19-10)11-3-2-9(13)6-14-11/h2-3,6,10H,4-5,7H2,1H3,(H,15,16,17). The topological polar surface area (TPSA) is 66.9 Å². The number of aromatic amines is 1. The van der Waals surface area contributed by atoms with Crippen molar-refractivity contribution in [2.45, 2.75) is 13.0 Å². The number of nitrogens with one attached hydrogen (secondary N) is 1. The Balaban J connectivity index is 1.76. The van der Waals surface area contributed by atoms with Gasteiger partial charge in [-0.1, -0.05) is 0 Å². The molecule has 1 aliphatic rings. The molecule has 19 heavy (non-hydrogen) atoms. The molecule has 1 saturated heterocycles. The highest BCUT2D eigenvalue weighted by molar-refractivity contribution is 5.38. The molecule has 1 fully saturated rings. The van der Waals surface area contributed by atoms with Crippen LogP contribution >= 0.6 is 0 Å². The van der Waals surface area contributed by atoms with Gasteiger partial charge in [-0.15, -0.1) is 0 Å². The molecule has 1 N–H and O–H groups in total. The molecule has 2 aromatic heterocycles. The lowest BCUT2D eigenvalue weighted by Crippen LogP contribution is -2.39. The summed E-state index contributed by atoms with van der Waals surface area (Å²) in [6.07, 6.45) is 1.03. The van der Waals surface area contributed by atoms with E-state index in [1.165, 1.54) is 12.3 Å². The highest BCUT2D eigenvalue weighted by atomic mass is 19.1. The Morgan fingerprint density at radius 2 is 2.37 bits per heavy atom. The second kappa shape index (κ2) is 4.93. The highest BCUT2D eigenvalue weighted by Gasteiger charge is 2.25. The Labute approximate surface area is 109 Å². The minimum absolute atomic E-state index is 0.189. The molecule has 0 amide bonds. The van der Waals surface area contributed by atoms with Crippen molar-refractivity contribution in [3.8, 4) is 0 Å². The fourth-order valence-electron chi connectivity index (χ4n) is 2.07. The number of H-pyrrole nitrogens is 1. The van der Waals surface area contributed by atoms with Gasteiger partial charge >= 0.3 is 0 Å². The molecule has 3 heterocycles. The summed E-state index contributed by atoms with van der Waals surface area (Å²) >= 11 is 0. The quantitative estimate of drug-likeness (QED) is 0.882. The van der Waals surface area contributed by atoms with Crippen LogP contribution in [-0.4, -0.2) is 39.9 Å². The van der Waals surface area contributed by atoms with Gasteiger partial charge in [0, 0.05) is 6.54 Å². The maximum absolute atomic E-state index is 12.9. The molecule has 0 aliphatic carbocycles. The van der Waals surface area contributed by atoms with Crippen LogP contribution < -0.4 is 4.90 Å². The third-order valence-corrected chi connectivity index (χ3v) is 3.00. The van der Waals surface area contributed by atoms with E-state index in [9.17, 15) is 4.39 Å². The van der Waals surface area contributed by atoms with Gasteiger partial charge in [-0.05, 0) is 19.1 Å². The van der Waals surface area contributed by atoms with Crippen LogP contribution in [0.1, 0.15) is 17.8 Å². The van der Waals surface area contributed by atoms with Crippen LogP contribution in [0.4, 0.5) is 10.2 Å². The van der Waals surface area contributed by atoms with Crippen molar-refractivity contribution < 1.29 is 9.13 Å². The van der Waals surface area contributed by atoms with Crippen molar-refractivity contribution >= 4 is 5.82 Å². The number of aromatic nitrogens is 4. The molecule has 1 aliphatic heterocycles. The summed E-state index contributed by atoms with van der Waals surface area (Å²) in [5, 5.41) is 6.92. The van der Waals surface area contributed by atoms with Crippen molar-refractivity contribution in [3.05, 3.63) is 35.8 Å². The highest BCUT2D eigenvalue weighted by Crippen LogP contribution is 2.22. The monoisotopic (exact) mass is 263 g/mol. The fourth-order valence-corrected chi connectivity index (χ4v) is 2.07. The van der Waals surface area contributed by atoms with E-state index in [1.807, 2.05) is 11.8 Å². The minimum atomic E-state index is -0.335. The molecule has 0 aromatic carbocycles. The van der Waals surface area contributed by atoms with Gasteiger partial charge in [0.1, 0.15) is 23.6 Å². The van der Waals surface area contributed by atoms with E-state index >= 15 is 0 Å². The molecule has 100 valence electrons. The molecule has 2 aromatic rings. The zero-order valence-corrected chi connectivity index (χ0v) is 10.5. The summed E-state index contributed by atoms with van der Waals surface area (Å²) in [6.45, 7) is 3.74. The van der Waals surface area contributed by atoms with Gasteiger partial charge in [0.05, 0.1) is 19.3 Å². The Morgan fingerprint density at radius 3 is 3.05 bits per heavy atom. The number of halogens is 1. The van der Waals surface area contributed by atoms with Crippen molar-refractivity contribution in [1.29, 1.82) is 0 Å². The molecule has 0 spiro atoms. The number of morpholine rings is 1. The fraction of sp³-hybridized carbons (Fsp3) is 0.417. The number of rotatable bonds is 2. The van der Waals surface area contributed by atoms with Crippen LogP contribution in [-0.2, 0) is 4.74 Å². The second-order valence-corrected chi connectivity index (χ2v) is 4.42. The maximum atomic E-state index is 12.9. The largest absolute Gasteiger partial charge is 0.366 e. The van der Waals surface area contributed by atoms with E-state index in [1.54, 1.807) is 6.07 Å². The third kappa shape index (κ3) is 2.55. The molecule has 1 atom stereocenters. The van der Waals surface area contributed by atoms with Crippen molar-refractivity contribution in [2.75, 3.05) is 24.6 Å². The smallest absolute Gasteiger partial charge is 0.181 e. The van der Waals surface area contributed by atoms with Crippen LogP contribution in [0.5, 0.6) is 0 Å². The molecule has 0 saturated carbocycles. The van der Waals surface area contributed by atoms with Gasteiger partial charge < -0.3 is 9.64 Å². The van der Waals surface area contributed by atoms with Crippen LogP contribution in [0.25, 0.3) is 0 Å². The first kappa shape index (κ1) is 12.0. The predicted octanol–water partition coefficient (Wildman–Crippen LogP) is 1.23. The van der Waals surface area contributed by atoms with Gasteiger partial charge in [0.25, 0.3) is 0 Å².